The number of carboxylic acid groups (broad SMARTS) is 1. The molecule has 2 rings (SSSR count). The van der Waals surface area contributed by atoms with Gasteiger partial charge in [0.25, 0.3) is 6.10 Å². The van der Waals surface area contributed by atoms with Crippen molar-refractivity contribution in [3.05, 3.63) is 29.3 Å². The van der Waals surface area contributed by atoms with Crippen molar-refractivity contribution in [3.8, 4) is 5.75 Å². The predicted octanol–water partition coefficient (Wildman–Crippen LogP) is 4.30. The number of carbonyl (C=O) groups is 2. The van der Waals surface area contributed by atoms with Gasteiger partial charge < -0.3 is 19.5 Å². The van der Waals surface area contributed by atoms with Crippen molar-refractivity contribution in [1.29, 1.82) is 0 Å². The summed E-state index contributed by atoms with van der Waals surface area (Å²) in [6.07, 6.45) is -24.1. The fourth-order valence-electron chi connectivity index (χ4n) is 3.04. The Balaban J connectivity index is 2.08. The second kappa shape index (κ2) is 10.4. The summed E-state index contributed by atoms with van der Waals surface area (Å²) >= 11 is 0. The fourth-order valence-corrected chi connectivity index (χ4v) is 3.04. The van der Waals surface area contributed by atoms with E-state index in [2.05, 4.69) is 4.74 Å². The normalized spacial score (nSPS) is 16.8. The summed E-state index contributed by atoms with van der Waals surface area (Å²) in [7, 11) is 0. The maximum atomic E-state index is 13.0. The van der Waals surface area contributed by atoms with Gasteiger partial charge in [0, 0.05) is 38.3 Å². The lowest BCUT2D eigenvalue weighted by Gasteiger charge is -2.35. The Morgan fingerprint density at radius 1 is 0.971 bits per heavy atom. The van der Waals surface area contributed by atoms with Gasteiger partial charge in [0.15, 0.2) is 6.10 Å². The molecular formula is C19H19F9N2O5. The van der Waals surface area contributed by atoms with Gasteiger partial charge in [-0.05, 0) is 19.1 Å². The SMILES string of the molecule is CC(Oc1cc(C(F)(F)F)ccc1CN1CCN(C(=O)OC(C(F)(F)F)C(F)(F)F)CC1)C(=O)O. The van der Waals surface area contributed by atoms with Crippen LogP contribution in [0.3, 0.4) is 0 Å². The number of aliphatic carboxylic acids is 1. The highest BCUT2D eigenvalue weighted by atomic mass is 19.4. The Hall–Kier alpha value is -2.91. The van der Waals surface area contributed by atoms with Crippen LogP contribution in [0.2, 0.25) is 0 Å². The molecule has 0 radical (unpaired) electrons. The van der Waals surface area contributed by atoms with Gasteiger partial charge in [-0.25, -0.2) is 9.59 Å². The molecule has 1 atom stereocenters. The van der Waals surface area contributed by atoms with Crippen LogP contribution >= 0.6 is 0 Å². The van der Waals surface area contributed by atoms with E-state index in [9.17, 15) is 49.1 Å². The van der Waals surface area contributed by atoms with Crippen LogP contribution in [0, 0.1) is 0 Å². The van der Waals surface area contributed by atoms with Gasteiger partial charge >= 0.3 is 30.6 Å². The topological polar surface area (TPSA) is 79.3 Å². The molecule has 1 aromatic rings. The fraction of sp³-hybridized carbons (Fsp3) is 0.579. The second-order valence-corrected chi connectivity index (χ2v) is 7.53. The van der Waals surface area contributed by atoms with Crippen LogP contribution in [0.1, 0.15) is 18.1 Å². The van der Waals surface area contributed by atoms with E-state index in [1.807, 2.05) is 0 Å². The van der Waals surface area contributed by atoms with E-state index < -0.39 is 48.4 Å². The van der Waals surface area contributed by atoms with Crippen molar-refractivity contribution < 1.29 is 63.7 Å². The largest absolute Gasteiger partial charge is 0.479 e. The average molecular weight is 526 g/mol. The molecule has 1 heterocycles. The Morgan fingerprint density at radius 3 is 1.97 bits per heavy atom. The maximum absolute atomic E-state index is 13.0. The number of ether oxygens (including phenoxy) is 2. The summed E-state index contributed by atoms with van der Waals surface area (Å²) in [5.41, 5.74) is -0.943. The second-order valence-electron chi connectivity index (χ2n) is 7.53. The highest BCUT2D eigenvalue weighted by Crippen LogP contribution is 2.36. The monoisotopic (exact) mass is 526 g/mol. The maximum Gasteiger partial charge on any atom is 0.434 e. The number of nitrogens with zero attached hydrogens (tertiary/aromatic N) is 2. The number of hydrogen-bond donors (Lipinski definition) is 1. The van der Waals surface area contributed by atoms with Crippen molar-refractivity contribution in [2.24, 2.45) is 0 Å². The lowest BCUT2D eigenvalue weighted by Crippen LogP contribution is -2.52. The molecule has 35 heavy (non-hydrogen) atoms. The van der Waals surface area contributed by atoms with Crippen molar-refractivity contribution in [3.63, 3.8) is 0 Å². The molecule has 1 fully saturated rings. The first-order valence-corrected chi connectivity index (χ1v) is 9.80. The zero-order valence-electron chi connectivity index (χ0n) is 17.8. The first-order valence-electron chi connectivity index (χ1n) is 9.80. The molecule has 0 aliphatic carbocycles. The summed E-state index contributed by atoms with van der Waals surface area (Å²) in [5.74, 6) is -1.80. The molecule has 198 valence electrons. The molecule has 0 aromatic heterocycles. The highest BCUT2D eigenvalue weighted by Gasteiger charge is 2.60. The number of carboxylic acids is 1. The number of amides is 1. The van der Waals surface area contributed by atoms with Gasteiger partial charge in [-0.15, -0.1) is 0 Å². The van der Waals surface area contributed by atoms with E-state index in [1.165, 1.54) is 4.90 Å². The molecule has 0 spiro atoms. The quantitative estimate of drug-likeness (QED) is 0.557. The van der Waals surface area contributed by atoms with Gasteiger partial charge in [0.2, 0.25) is 0 Å². The van der Waals surface area contributed by atoms with Crippen LogP contribution < -0.4 is 4.74 Å². The molecule has 0 bridgehead atoms. The molecule has 1 aromatic carbocycles. The summed E-state index contributed by atoms with van der Waals surface area (Å²) in [6.45, 7) is 0.190. The van der Waals surface area contributed by atoms with Gasteiger partial charge in [-0.3, -0.25) is 4.90 Å². The third-order valence-electron chi connectivity index (χ3n) is 4.88. The standard InChI is InChI=1S/C19H19F9N2O5/c1-10(14(31)32)34-13-8-12(17(20,21)22)3-2-11(13)9-29-4-6-30(7-5-29)16(33)35-15(18(23,24)25)19(26,27)28/h2-3,8,10,15H,4-7,9H2,1H3,(H,31,32). The van der Waals surface area contributed by atoms with E-state index >= 15 is 0 Å². The van der Waals surface area contributed by atoms with E-state index in [1.54, 1.807) is 0 Å². The number of benzene rings is 1. The summed E-state index contributed by atoms with van der Waals surface area (Å²) in [5, 5.41) is 8.98. The van der Waals surface area contributed by atoms with E-state index in [0.29, 0.717) is 11.0 Å². The molecule has 7 nitrogen and oxygen atoms in total. The third-order valence-corrected chi connectivity index (χ3v) is 4.88. The molecule has 16 heteroatoms. The zero-order valence-corrected chi connectivity index (χ0v) is 17.8. The molecule has 1 N–H and O–H groups in total. The Bertz CT molecular complexity index is 895. The minimum atomic E-state index is -5.86. The highest BCUT2D eigenvalue weighted by molar-refractivity contribution is 5.72. The summed E-state index contributed by atoms with van der Waals surface area (Å²) in [6, 6.07) is 2.43. The van der Waals surface area contributed by atoms with E-state index in [0.717, 1.165) is 19.1 Å². The minimum absolute atomic E-state index is 0.0766. The third kappa shape index (κ3) is 7.80. The number of rotatable bonds is 6. The minimum Gasteiger partial charge on any atom is -0.479 e. The van der Waals surface area contributed by atoms with Crippen LogP contribution in [0.4, 0.5) is 44.3 Å². The van der Waals surface area contributed by atoms with Crippen LogP contribution in [-0.4, -0.2) is 77.7 Å². The van der Waals surface area contributed by atoms with E-state index in [4.69, 9.17) is 9.84 Å². The lowest BCUT2D eigenvalue weighted by atomic mass is 10.1. The molecule has 0 saturated carbocycles. The van der Waals surface area contributed by atoms with Crippen LogP contribution in [0.15, 0.2) is 18.2 Å². The van der Waals surface area contributed by atoms with Crippen molar-refractivity contribution in [2.45, 2.75) is 44.2 Å². The molecule has 1 unspecified atom stereocenters. The number of halogens is 9. The number of alkyl halides is 9. The van der Waals surface area contributed by atoms with Crippen molar-refractivity contribution in [2.75, 3.05) is 26.2 Å². The molecule has 1 saturated heterocycles. The summed E-state index contributed by atoms with van der Waals surface area (Å²) in [4.78, 5) is 25.1. The van der Waals surface area contributed by atoms with Gasteiger partial charge in [-0.1, -0.05) is 6.07 Å². The molecule has 1 amide bonds. The molecule has 1 aliphatic heterocycles. The van der Waals surface area contributed by atoms with Gasteiger partial charge in [0.1, 0.15) is 5.75 Å². The molecular weight excluding hydrogens is 507 g/mol. The number of piperazine rings is 1. The van der Waals surface area contributed by atoms with Gasteiger partial charge in [-0.2, -0.15) is 39.5 Å². The van der Waals surface area contributed by atoms with Crippen LogP contribution in [-0.2, 0) is 22.3 Å². The molecule has 1 aliphatic rings. The Morgan fingerprint density at radius 2 is 1.51 bits per heavy atom. The smallest absolute Gasteiger partial charge is 0.434 e. The van der Waals surface area contributed by atoms with Crippen LogP contribution in [0.5, 0.6) is 5.75 Å². The Labute approximate surface area is 192 Å². The van der Waals surface area contributed by atoms with Crippen molar-refractivity contribution >= 4 is 12.1 Å². The van der Waals surface area contributed by atoms with Crippen molar-refractivity contribution in [1.82, 2.24) is 9.80 Å². The number of carbonyl (C=O) groups excluding carboxylic acids is 1. The Kier molecular flexibility index (Phi) is 8.40. The van der Waals surface area contributed by atoms with E-state index in [-0.39, 0.29) is 44.0 Å². The summed E-state index contributed by atoms with van der Waals surface area (Å²) < 4.78 is 123. The van der Waals surface area contributed by atoms with Gasteiger partial charge in [0.05, 0.1) is 5.56 Å². The average Bonchev–Trinajstić information content (AvgIpc) is 2.71. The number of hydrogen-bond acceptors (Lipinski definition) is 5. The predicted molar refractivity (Wildman–Crippen MR) is 98.4 cm³/mol. The lowest BCUT2D eigenvalue weighted by molar-refractivity contribution is -0.308. The first kappa shape index (κ1) is 28.3. The zero-order chi connectivity index (χ0) is 26.8. The van der Waals surface area contributed by atoms with Crippen LogP contribution in [0.25, 0.3) is 0 Å². The first-order chi connectivity index (χ1) is 15.9.